The van der Waals surface area contributed by atoms with Crippen LogP contribution in [0.5, 0.6) is 0 Å². The minimum atomic E-state index is -1.57. The van der Waals surface area contributed by atoms with Crippen LogP contribution in [0, 0.1) is 0 Å². The lowest BCUT2D eigenvalue weighted by molar-refractivity contribution is -0.302. The highest BCUT2D eigenvalue weighted by Gasteiger charge is 2.44. The molecule has 0 aromatic carbocycles. The van der Waals surface area contributed by atoms with Crippen molar-refractivity contribution in [3.05, 3.63) is 36.5 Å². The van der Waals surface area contributed by atoms with E-state index in [1.54, 1.807) is 6.08 Å². The summed E-state index contributed by atoms with van der Waals surface area (Å²) in [7, 11) is 0. The van der Waals surface area contributed by atoms with Crippen molar-refractivity contribution in [3.63, 3.8) is 0 Å². The molecule has 0 saturated carbocycles. The topological polar surface area (TPSA) is 149 Å². The van der Waals surface area contributed by atoms with Gasteiger partial charge in [-0.05, 0) is 57.8 Å². The Morgan fingerprint density at radius 3 is 1.45 bits per heavy atom. The maximum Gasteiger partial charge on any atom is 0.220 e. The average molecular weight is 822 g/mol. The molecule has 0 bridgehead atoms. The highest BCUT2D eigenvalue weighted by atomic mass is 16.7. The maximum atomic E-state index is 13.0. The Morgan fingerprint density at radius 2 is 0.983 bits per heavy atom. The number of rotatable bonds is 40. The molecule has 0 radical (unpaired) electrons. The van der Waals surface area contributed by atoms with Crippen LogP contribution in [0.2, 0.25) is 0 Å². The summed E-state index contributed by atoms with van der Waals surface area (Å²) in [6, 6.07) is -0.822. The predicted octanol–water partition coefficient (Wildman–Crippen LogP) is 10.5. The standard InChI is InChI=1S/C49H91NO8/c1-3-5-7-9-11-13-15-17-19-21-23-24-26-28-30-32-34-36-38-43(52)42(41-57-49-48(56)47(55)46(54)44(40-51)58-49)50-45(53)39-37-35-33-31-29-27-25-22-20-18-16-14-12-10-8-6-4-2/h18,20,28,30,36,38,42-44,46-49,51-52,54-56H,3-17,19,21-27,29,31-35,37,39-41H2,1-2H3,(H,50,53)/b20-18-,30-28+,38-36+. The number of aliphatic hydroxyl groups is 5. The number of ether oxygens (including phenoxy) is 2. The molecular weight excluding hydrogens is 731 g/mol. The quantitative estimate of drug-likeness (QED) is 0.0264. The fourth-order valence-electron chi connectivity index (χ4n) is 7.52. The second-order valence-electron chi connectivity index (χ2n) is 16.9. The first-order valence-corrected chi connectivity index (χ1v) is 24.2. The fourth-order valence-corrected chi connectivity index (χ4v) is 7.52. The van der Waals surface area contributed by atoms with Crippen LogP contribution < -0.4 is 5.32 Å². The molecule has 7 atom stereocenters. The van der Waals surface area contributed by atoms with Crippen molar-refractivity contribution in [2.45, 2.75) is 256 Å². The lowest BCUT2D eigenvalue weighted by Crippen LogP contribution is -2.60. The number of carbonyl (C=O) groups excluding carboxylic acids is 1. The van der Waals surface area contributed by atoms with E-state index in [1.807, 2.05) is 6.08 Å². The summed E-state index contributed by atoms with van der Waals surface area (Å²) in [5, 5.41) is 54.2. The number of hydrogen-bond acceptors (Lipinski definition) is 8. The fraction of sp³-hybridized carbons (Fsp3) is 0.857. The van der Waals surface area contributed by atoms with Gasteiger partial charge in [0.25, 0.3) is 0 Å². The van der Waals surface area contributed by atoms with Crippen LogP contribution in [0.1, 0.15) is 213 Å². The second-order valence-corrected chi connectivity index (χ2v) is 16.9. The smallest absolute Gasteiger partial charge is 0.220 e. The van der Waals surface area contributed by atoms with Gasteiger partial charge in [-0.15, -0.1) is 0 Å². The first-order valence-electron chi connectivity index (χ1n) is 24.2. The molecule has 58 heavy (non-hydrogen) atoms. The van der Waals surface area contributed by atoms with Gasteiger partial charge in [0.05, 0.1) is 25.4 Å². The first kappa shape index (κ1) is 54.4. The van der Waals surface area contributed by atoms with Crippen LogP contribution in [0.25, 0.3) is 0 Å². The van der Waals surface area contributed by atoms with Gasteiger partial charge in [0.1, 0.15) is 24.4 Å². The molecule has 0 aromatic heterocycles. The summed E-state index contributed by atoms with van der Waals surface area (Å²) in [6.07, 6.45) is 41.9. The number of aliphatic hydroxyl groups excluding tert-OH is 5. The van der Waals surface area contributed by atoms with E-state index in [1.165, 1.54) is 141 Å². The van der Waals surface area contributed by atoms with Gasteiger partial charge in [0, 0.05) is 6.42 Å². The molecule has 1 amide bonds. The summed E-state index contributed by atoms with van der Waals surface area (Å²) in [5.41, 5.74) is 0. The van der Waals surface area contributed by atoms with Crippen molar-refractivity contribution in [2.24, 2.45) is 0 Å². The molecule has 1 fully saturated rings. The lowest BCUT2D eigenvalue weighted by atomic mass is 9.99. The molecular formula is C49H91NO8. The molecule has 7 unspecified atom stereocenters. The van der Waals surface area contributed by atoms with Crippen molar-refractivity contribution in [2.75, 3.05) is 13.2 Å². The average Bonchev–Trinajstić information content (AvgIpc) is 3.22. The van der Waals surface area contributed by atoms with Crippen LogP contribution in [-0.2, 0) is 14.3 Å². The van der Waals surface area contributed by atoms with Gasteiger partial charge in [-0.25, -0.2) is 0 Å². The summed E-state index contributed by atoms with van der Waals surface area (Å²) in [5.74, 6) is -0.191. The Balaban J connectivity index is 2.36. The summed E-state index contributed by atoms with van der Waals surface area (Å²) in [4.78, 5) is 13.0. The molecule has 9 nitrogen and oxygen atoms in total. The molecule has 6 N–H and O–H groups in total. The molecule has 1 aliphatic rings. The molecule has 9 heteroatoms. The zero-order valence-corrected chi connectivity index (χ0v) is 37.3. The molecule has 1 aliphatic heterocycles. The minimum Gasteiger partial charge on any atom is -0.394 e. The molecule has 1 saturated heterocycles. The lowest BCUT2D eigenvalue weighted by Gasteiger charge is -2.40. The molecule has 0 aromatic rings. The monoisotopic (exact) mass is 822 g/mol. The van der Waals surface area contributed by atoms with Crippen molar-refractivity contribution >= 4 is 5.91 Å². The van der Waals surface area contributed by atoms with Gasteiger partial charge in [-0.2, -0.15) is 0 Å². The highest BCUT2D eigenvalue weighted by Crippen LogP contribution is 2.22. The minimum absolute atomic E-state index is 0.191. The Labute approximate surface area is 355 Å². The Morgan fingerprint density at radius 1 is 0.569 bits per heavy atom. The second kappa shape index (κ2) is 39.5. The van der Waals surface area contributed by atoms with E-state index in [9.17, 15) is 30.3 Å². The molecule has 0 spiro atoms. The van der Waals surface area contributed by atoms with Crippen LogP contribution in [-0.4, -0.2) is 87.5 Å². The first-order chi connectivity index (χ1) is 28.3. The van der Waals surface area contributed by atoms with Gasteiger partial charge in [-0.1, -0.05) is 185 Å². The number of unbranched alkanes of at least 4 members (excludes halogenated alkanes) is 26. The summed E-state index contributed by atoms with van der Waals surface area (Å²) in [6.45, 7) is 3.75. The third kappa shape index (κ3) is 29.6. The van der Waals surface area contributed by atoms with E-state index in [-0.39, 0.29) is 12.5 Å². The van der Waals surface area contributed by atoms with E-state index < -0.39 is 49.5 Å². The summed E-state index contributed by atoms with van der Waals surface area (Å²) < 4.78 is 11.2. The highest BCUT2D eigenvalue weighted by molar-refractivity contribution is 5.76. The normalized spacial score (nSPS) is 21.1. The SMILES string of the molecule is CCCCCCCC/C=C\CCCCCCCCCC(=O)NC(COC1OC(CO)C(O)C(O)C1O)C(O)/C=C/CC/C=C/CCCCCCCCCCCCCC. The predicted molar refractivity (Wildman–Crippen MR) is 240 cm³/mol. The zero-order chi connectivity index (χ0) is 42.3. The van der Waals surface area contributed by atoms with Crippen LogP contribution in [0.15, 0.2) is 36.5 Å². The van der Waals surface area contributed by atoms with Crippen LogP contribution in [0.3, 0.4) is 0 Å². The third-order valence-corrected chi connectivity index (χ3v) is 11.4. The van der Waals surface area contributed by atoms with E-state index in [2.05, 4.69) is 43.5 Å². The van der Waals surface area contributed by atoms with Crippen LogP contribution >= 0.6 is 0 Å². The van der Waals surface area contributed by atoms with E-state index in [0.717, 1.165) is 51.4 Å². The third-order valence-electron chi connectivity index (χ3n) is 11.4. The number of nitrogens with one attached hydrogen (secondary N) is 1. The van der Waals surface area contributed by atoms with Crippen molar-refractivity contribution in [1.82, 2.24) is 5.32 Å². The van der Waals surface area contributed by atoms with Gasteiger partial charge in [0.2, 0.25) is 5.91 Å². The van der Waals surface area contributed by atoms with Gasteiger partial charge >= 0.3 is 0 Å². The number of allylic oxidation sites excluding steroid dienone is 5. The number of amides is 1. The van der Waals surface area contributed by atoms with E-state index >= 15 is 0 Å². The van der Waals surface area contributed by atoms with Crippen molar-refractivity contribution < 1.29 is 39.8 Å². The molecule has 340 valence electrons. The largest absolute Gasteiger partial charge is 0.394 e. The van der Waals surface area contributed by atoms with Crippen LogP contribution in [0.4, 0.5) is 0 Å². The van der Waals surface area contributed by atoms with Crippen molar-refractivity contribution in [1.29, 1.82) is 0 Å². The van der Waals surface area contributed by atoms with Crippen molar-refractivity contribution in [3.8, 4) is 0 Å². The maximum absolute atomic E-state index is 13.0. The van der Waals surface area contributed by atoms with Gasteiger partial charge < -0.3 is 40.3 Å². The van der Waals surface area contributed by atoms with Gasteiger partial charge in [-0.3, -0.25) is 4.79 Å². The van der Waals surface area contributed by atoms with E-state index in [4.69, 9.17) is 9.47 Å². The zero-order valence-electron chi connectivity index (χ0n) is 37.3. The Hall–Kier alpha value is -1.59. The number of carbonyl (C=O) groups is 1. The number of hydrogen-bond donors (Lipinski definition) is 6. The molecule has 1 heterocycles. The van der Waals surface area contributed by atoms with Gasteiger partial charge in [0.15, 0.2) is 6.29 Å². The molecule has 0 aliphatic carbocycles. The summed E-state index contributed by atoms with van der Waals surface area (Å²) >= 11 is 0. The molecule has 1 rings (SSSR count). The Bertz CT molecular complexity index is 1000. The Kier molecular flexibility index (Phi) is 37.1. The van der Waals surface area contributed by atoms with E-state index in [0.29, 0.717) is 6.42 Å².